The Hall–Kier alpha value is -1.76. The van der Waals surface area contributed by atoms with Gasteiger partial charge in [-0.25, -0.2) is 0 Å². The zero-order valence-corrected chi connectivity index (χ0v) is 10.4. The topological polar surface area (TPSA) is 72.6 Å². The maximum absolute atomic E-state index is 12.5. The molecule has 4 nitrogen and oxygen atoms in total. The first-order chi connectivity index (χ1) is 8.50. The van der Waals surface area contributed by atoms with E-state index in [-0.39, 0.29) is 17.9 Å². The molecule has 0 fully saturated rings. The Labute approximate surface area is 108 Å². The molecular weight excluding hydrogens is 263 g/mol. The number of hydrogen-bond donors (Lipinski definition) is 2. The van der Waals surface area contributed by atoms with Gasteiger partial charge in [-0.15, -0.1) is 0 Å². The monoisotopic (exact) mass is 277 g/mol. The molecule has 0 aliphatic rings. The van der Waals surface area contributed by atoms with Crippen LogP contribution in [0.1, 0.15) is 29.8 Å². The SMILES string of the molecule is CC(C)(O)COc1ccc(C(F)(F)F)cc1C(N)=O. The largest absolute Gasteiger partial charge is 0.490 e. The van der Waals surface area contributed by atoms with E-state index in [1.54, 1.807) is 0 Å². The van der Waals surface area contributed by atoms with Crippen molar-refractivity contribution in [2.24, 2.45) is 5.73 Å². The lowest BCUT2D eigenvalue weighted by Gasteiger charge is -2.19. The summed E-state index contributed by atoms with van der Waals surface area (Å²) in [4.78, 5) is 11.1. The van der Waals surface area contributed by atoms with Gasteiger partial charge in [-0.1, -0.05) is 0 Å². The van der Waals surface area contributed by atoms with Crippen molar-refractivity contribution in [3.05, 3.63) is 29.3 Å². The number of aliphatic hydroxyl groups is 1. The van der Waals surface area contributed by atoms with Crippen molar-refractivity contribution >= 4 is 5.91 Å². The third-order valence-electron chi connectivity index (χ3n) is 2.15. The zero-order chi connectivity index (χ0) is 14.8. The molecule has 1 aromatic rings. The smallest absolute Gasteiger partial charge is 0.416 e. The molecule has 0 atom stereocenters. The molecule has 1 aromatic carbocycles. The summed E-state index contributed by atoms with van der Waals surface area (Å²) < 4.78 is 42.6. The average molecular weight is 277 g/mol. The van der Waals surface area contributed by atoms with Crippen LogP contribution in [0.4, 0.5) is 13.2 Å². The molecule has 7 heteroatoms. The number of alkyl halides is 3. The molecule has 0 saturated carbocycles. The van der Waals surface area contributed by atoms with Crippen molar-refractivity contribution in [3.8, 4) is 5.75 Å². The van der Waals surface area contributed by atoms with Crippen LogP contribution in [-0.2, 0) is 6.18 Å². The Kier molecular flexibility index (Phi) is 4.09. The van der Waals surface area contributed by atoms with Gasteiger partial charge in [-0.3, -0.25) is 4.79 Å². The van der Waals surface area contributed by atoms with E-state index in [1.165, 1.54) is 13.8 Å². The summed E-state index contributed by atoms with van der Waals surface area (Å²) in [6, 6.07) is 2.42. The highest BCUT2D eigenvalue weighted by Crippen LogP contribution is 2.32. The molecule has 0 aromatic heterocycles. The van der Waals surface area contributed by atoms with E-state index >= 15 is 0 Å². The highest BCUT2D eigenvalue weighted by molar-refractivity contribution is 5.95. The van der Waals surface area contributed by atoms with Gasteiger partial charge in [0, 0.05) is 0 Å². The second-order valence-electron chi connectivity index (χ2n) is 4.67. The van der Waals surface area contributed by atoms with Crippen LogP contribution in [0, 0.1) is 0 Å². The molecule has 0 aliphatic carbocycles. The molecule has 19 heavy (non-hydrogen) atoms. The predicted molar refractivity (Wildman–Crippen MR) is 61.8 cm³/mol. The Balaban J connectivity index is 3.09. The number of primary amides is 1. The van der Waals surface area contributed by atoms with Crippen LogP contribution in [0.3, 0.4) is 0 Å². The number of benzene rings is 1. The van der Waals surface area contributed by atoms with Crippen LogP contribution in [-0.4, -0.2) is 23.2 Å². The fraction of sp³-hybridized carbons (Fsp3) is 0.417. The molecule has 1 amide bonds. The van der Waals surface area contributed by atoms with E-state index in [9.17, 15) is 23.1 Å². The number of nitrogens with two attached hydrogens (primary N) is 1. The Morgan fingerprint density at radius 1 is 1.37 bits per heavy atom. The van der Waals surface area contributed by atoms with Crippen LogP contribution in [0.25, 0.3) is 0 Å². The first-order valence-corrected chi connectivity index (χ1v) is 5.37. The van der Waals surface area contributed by atoms with Gasteiger partial charge in [0.25, 0.3) is 5.91 Å². The van der Waals surface area contributed by atoms with Gasteiger partial charge in [-0.2, -0.15) is 13.2 Å². The number of ether oxygens (including phenoxy) is 1. The van der Waals surface area contributed by atoms with E-state index in [1.807, 2.05) is 0 Å². The maximum Gasteiger partial charge on any atom is 0.416 e. The second kappa shape index (κ2) is 5.08. The van der Waals surface area contributed by atoms with Crippen LogP contribution < -0.4 is 10.5 Å². The first kappa shape index (κ1) is 15.3. The van der Waals surface area contributed by atoms with Crippen molar-refractivity contribution in [3.63, 3.8) is 0 Å². The van der Waals surface area contributed by atoms with Crippen LogP contribution in [0.15, 0.2) is 18.2 Å². The van der Waals surface area contributed by atoms with E-state index in [0.717, 1.165) is 12.1 Å². The number of hydrogen-bond acceptors (Lipinski definition) is 3. The van der Waals surface area contributed by atoms with Gasteiger partial charge in [0.1, 0.15) is 12.4 Å². The van der Waals surface area contributed by atoms with Gasteiger partial charge in [0.15, 0.2) is 0 Å². The van der Waals surface area contributed by atoms with Gasteiger partial charge >= 0.3 is 6.18 Å². The van der Waals surface area contributed by atoms with Gasteiger partial charge < -0.3 is 15.6 Å². The summed E-state index contributed by atoms with van der Waals surface area (Å²) in [6.45, 7) is 2.74. The predicted octanol–water partition coefficient (Wildman–Crippen LogP) is 1.95. The molecular formula is C12H14F3NO3. The van der Waals surface area contributed by atoms with Gasteiger partial charge in [-0.05, 0) is 32.0 Å². The Bertz CT molecular complexity index is 478. The third-order valence-corrected chi connectivity index (χ3v) is 2.15. The molecule has 3 N–H and O–H groups in total. The fourth-order valence-corrected chi connectivity index (χ4v) is 1.28. The summed E-state index contributed by atoms with van der Waals surface area (Å²) in [5.74, 6) is -1.13. The molecule has 106 valence electrons. The minimum atomic E-state index is -4.57. The molecule has 0 heterocycles. The fourth-order valence-electron chi connectivity index (χ4n) is 1.28. The highest BCUT2D eigenvalue weighted by Gasteiger charge is 2.32. The molecule has 0 saturated heterocycles. The molecule has 0 bridgehead atoms. The summed E-state index contributed by atoms with van der Waals surface area (Å²) in [5.41, 5.74) is 2.47. The quantitative estimate of drug-likeness (QED) is 0.883. The summed E-state index contributed by atoms with van der Waals surface area (Å²) in [5, 5.41) is 9.47. The maximum atomic E-state index is 12.5. The minimum absolute atomic E-state index is 0.0948. The first-order valence-electron chi connectivity index (χ1n) is 5.37. The number of rotatable bonds is 4. The van der Waals surface area contributed by atoms with E-state index < -0.39 is 23.2 Å². The number of halogens is 3. The second-order valence-corrected chi connectivity index (χ2v) is 4.67. The molecule has 0 radical (unpaired) electrons. The Morgan fingerprint density at radius 3 is 2.37 bits per heavy atom. The van der Waals surface area contributed by atoms with E-state index in [4.69, 9.17) is 10.5 Å². The third kappa shape index (κ3) is 4.44. The number of carbonyl (C=O) groups is 1. The van der Waals surface area contributed by atoms with E-state index in [2.05, 4.69) is 0 Å². The van der Waals surface area contributed by atoms with Gasteiger partial charge in [0.2, 0.25) is 0 Å². The van der Waals surface area contributed by atoms with Crippen LogP contribution in [0.5, 0.6) is 5.75 Å². The Morgan fingerprint density at radius 2 is 1.95 bits per heavy atom. The molecule has 0 unspecified atom stereocenters. The molecule has 0 spiro atoms. The molecule has 1 rings (SSSR count). The lowest BCUT2D eigenvalue weighted by molar-refractivity contribution is -0.137. The molecule has 0 aliphatic heterocycles. The van der Waals surface area contributed by atoms with Crippen molar-refractivity contribution in [1.82, 2.24) is 0 Å². The van der Waals surface area contributed by atoms with E-state index in [0.29, 0.717) is 6.07 Å². The van der Waals surface area contributed by atoms with Crippen molar-refractivity contribution < 1.29 is 27.8 Å². The lowest BCUT2D eigenvalue weighted by Crippen LogP contribution is -2.28. The van der Waals surface area contributed by atoms with Crippen molar-refractivity contribution in [2.75, 3.05) is 6.61 Å². The van der Waals surface area contributed by atoms with Crippen molar-refractivity contribution in [1.29, 1.82) is 0 Å². The minimum Gasteiger partial charge on any atom is -0.490 e. The summed E-state index contributed by atoms with van der Waals surface area (Å²) >= 11 is 0. The van der Waals surface area contributed by atoms with Crippen molar-refractivity contribution in [2.45, 2.75) is 25.6 Å². The van der Waals surface area contributed by atoms with Crippen LogP contribution >= 0.6 is 0 Å². The lowest BCUT2D eigenvalue weighted by atomic mass is 10.1. The normalized spacial score (nSPS) is 12.3. The van der Waals surface area contributed by atoms with Gasteiger partial charge in [0.05, 0.1) is 16.7 Å². The standard InChI is InChI=1S/C12H14F3NO3/c1-11(2,18)6-19-9-4-3-7(12(13,14)15)5-8(9)10(16)17/h3-5,18H,6H2,1-2H3,(H2,16,17). The number of amides is 1. The summed E-state index contributed by atoms with van der Waals surface area (Å²) in [7, 11) is 0. The highest BCUT2D eigenvalue weighted by atomic mass is 19.4. The number of carbonyl (C=O) groups excluding carboxylic acids is 1. The van der Waals surface area contributed by atoms with Crippen LogP contribution in [0.2, 0.25) is 0 Å². The average Bonchev–Trinajstić information content (AvgIpc) is 2.23. The zero-order valence-electron chi connectivity index (χ0n) is 10.4. The summed E-state index contributed by atoms with van der Waals surface area (Å²) in [6.07, 6.45) is -4.57.